The van der Waals surface area contributed by atoms with E-state index in [9.17, 15) is 0 Å². The fourth-order valence-electron chi connectivity index (χ4n) is 4.08. The average molecular weight is 516 g/mol. The van der Waals surface area contributed by atoms with Gasteiger partial charge in [-0.1, -0.05) is 12.2 Å². The van der Waals surface area contributed by atoms with Gasteiger partial charge in [0.1, 0.15) is 27.3 Å². The molecule has 0 bridgehead atoms. The molecule has 180 valence electrons. The molecule has 0 aromatic carbocycles. The summed E-state index contributed by atoms with van der Waals surface area (Å²) in [5.74, 6) is 4.15. The molecule has 0 atom stereocenters. The van der Waals surface area contributed by atoms with E-state index in [1.54, 1.807) is 0 Å². The third-order valence-corrected chi connectivity index (χ3v) is 7.13. The first-order chi connectivity index (χ1) is 16.4. The first-order valence-corrected chi connectivity index (χ1v) is 13.1. The van der Waals surface area contributed by atoms with Gasteiger partial charge >= 0.3 is 0 Å². The highest BCUT2D eigenvalue weighted by molar-refractivity contribution is 7.72. The van der Waals surface area contributed by atoms with E-state index in [4.69, 9.17) is 41.6 Å². The number of aryl methyl sites for hydroxylation is 2. The molecule has 0 radical (unpaired) electrons. The van der Waals surface area contributed by atoms with Crippen molar-refractivity contribution in [3.63, 3.8) is 0 Å². The first kappa shape index (κ1) is 23.3. The van der Waals surface area contributed by atoms with Crippen LogP contribution in [-0.4, -0.2) is 45.6 Å². The Balaban J connectivity index is 0.000000142. The van der Waals surface area contributed by atoms with Crippen molar-refractivity contribution in [2.24, 2.45) is 0 Å². The SMILES string of the molecule is CCNc1nc(=S)n(CC)c2nc(C3CC3)[nH]c12.CCn1c(=S)[nH]c(=S)c2[nH]c(C3CC3)nc21. The van der Waals surface area contributed by atoms with E-state index in [0.29, 0.717) is 26.0 Å². The number of nitrogens with zero attached hydrogens (tertiary/aromatic N) is 5. The lowest BCUT2D eigenvalue weighted by molar-refractivity contribution is 0.743. The highest BCUT2D eigenvalue weighted by Crippen LogP contribution is 2.40. The maximum atomic E-state index is 5.33. The third-order valence-electron chi connectivity index (χ3n) is 6.19. The second-order valence-electron chi connectivity index (χ2n) is 8.71. The summed E-state index contributed by atoms with van der Waals surface area (Å²) in [7, 11) is 0. The number of nitrogens with one attached hydrogen (secondary N) is 4. The number of rotatable bonds is 6. The highest BCUT2D eigenvalue weighted by atomic mass is 32.1. The monoisotopic (exact) mass is 515 g/mol. The van der Waals surface area contributed by atoms with Gasteiger partial charge < -0.3 is 24.8 Å². The van der Waals surface area contributed by atoms with Crippen LogP contribution in [0.15, 0.2) is 0 Å². The second kappa shape index (κ2) is 9.31. The molecule has 9 nitrogen and oxygen atoms in total. The first-order valence-electron chi connectivity index (χ1n) is 11.9. The Morgan fingerprint density at radius 1 is 0.794 bits per heavy atom. The van der Waals surface area contributed by atoms with Crippen molar-refractivity contribution < 1.29 is 0 Å². The molecule has 4 heterocycles. The number of hydrogen-bond acceptors (Lipinski definition) is 7. The fourth-order valence-corrected chi connectivity index (χ4v) is 5.01. The number of H-pyrrole nitrogens is 3. The summed E-state index contributed by atoms with van der Waals surface area (Å²) in [5, 5.41) is 3.25. The van der Waals surface area contributed by atoms with E-state index >= 15 is 0 Å². The molecule has 4 aromatic rings. The van der Waals surface area contributed by atoms with Crippen molar-refractivity contribution in [3.8, 4) is 0 Å². The molecule has 0 saturated heterocycles. The molecule has 4 N–H and O–H groups in total. The van der Waals surface area contributed by atoms with Crippen LogP contribution < -0.4 is 5.32 Å². The van der Waals surface area contributed by atoms with Gasteiger partial charge in [-0.3, -0.25) is 4.57 Å². The van der Waals surface area contributed by atoms with Gasteiger partial charge in [-0.25, -0.2) is 15.0 Å². The lowest BCUT2D eigenvalue weighted by Gasteiger charge is -2.08. The van der Waals surface area contributed by atoms with Crippen LogP contribution in [0.4, 0.5) is 5.82 Å². The third kappa shape index (κ3) is 4.34. The maximum absolute atomic E-state index is 5.33. The molecule has 0 unspecified atom stereocenters. The van der Waals surface area contributed by atoms with E-state index < -0.39 is 0 Å². The minimum atomic E-state index is 0.592. The molecule has 2 aliphatic rings. The number of fused-ring (bicyclic) bond motifs is 2. The van der Waals surface area contributed by atoms with Crippen LogP contribution >= 0.6 is 36.7 Å². The summed E-state index contributed by atoms with van der Waals surface area (Å²) in [6.45, 7) is 8.59. The van der Waals surface area contributed by atoms with Gasteiger partial charge in [-0.05, 0) is 70.9 Å². The largest absolute Gasteiger partial charge is 0.368 e. The van der Waals surface area contributed by atoms with Gasteiger partial charge in [0.15, 0.2) is 21.9 Å². The van der Waals surface area contributed by atoms with Crippen molar-refractivity contribution in [1.82, 2.24) is 39.0 Å². The number of anilines is 1. The van der Waals surface area contributed by atoms with Crippen LogP contribution in [0.25, 0.3) is 22.3 Å². The Labute approximate surface area is 212 Å². The van der Waals surface area contributed by atoms with Gasteiger partial charge in [0.25, 0.3) is 0 Å². The van der Waals surface area contributed by atoms with E-state index in [-0.39, 0.29) is 0 Å². The zero-order valence-electron chi connectivity index (χ0n) is 19.6. The summed E-state index contributed by atoms with van der Waals surface area (Å²) in [5.41, 5.74) is 3.70. The van der Waals surface area contributed by atoms with Crippen molar-refractivity contribution in [2.75, 3.05) is 11.9 Å². The smallest absolute Gasteiger partial charge is 0.203 e. The van der Waals surface area contributed by atoms with Crippen LogP contribution in [0.3, 0.4) is 0 Å². The van der Waals surface area contributed by atoms with E-state index in [0.717, 1.165) is 59.4 Å². The molecule has 0 aliphatic heterocycles. The molecule has 6 rings (SSSR count). The molecule has 0 spiro atoms. The number of aromatic amines is 3. The summed E-state index contributed by atoms with van der Waals surface area (Å²) >= 11 is 15.8. The lowest BCUT2D eigenvalue weighted by Crippen LogP contribution is -2.07. The molecule has 12 heteroatoms. The summed E-state index contributed by atoms with van der Waals surface area (Å²) in [6.07, 6.45) is 4.92. The van der Waals surface area contributed by atoms with E-state index in [1.807, 2.05) is 9.13 Å². The quantitative estimate of drug-likeness (QED) is 0.238. The van der Waals surface area contributed by atoms with Crippen LogP contribution in [0.5, 0.6) is 0 Å². The lowest BCUT2D eigenvalue weighted by atomic mass is 10.4. The minimum absolute atomic E-state index is 0.592. The number of aromatic nitrogens is 8. The molecule has 0 amide bonds. The topological polar surface area (TPSA) is 108 Å². The standard InChI is InChI=1S/C12H17N5S.C10H12N4S2/c1-3-13-10-8-11(17(4-2)12(18)16-10)15-9(14-8)7-5-6-7;1-2-14-8-6(9(15)13-10(14)16)11-7(12-8)5-3-4-5/h7H,3-6H2,1-2H3,(H,14,15)(H,13,16,18);5H,2-4H2,1H3,(H,11,12)(H,13,15,16). The predicted octanol–water partition coefficient (Wildman–Crippen LogP) is 5.87. The van der Waals surface area contributed by atoms with Crippen molar-refractivity contribution in [1.29, 1.82) is 0 Å². The molecule has 4 aromatic heterocycles. The summed E-state index contributed by atoms with van der Waals surface area (Å²) in [4.78, 5) is 23.5. The summed E-state index contributed by atoms with van der Waals surface area (Å²) in [6, 6.07) is 0. The molecule has 2 aliphatic carbocycles. The fraction of sp³-hybridized carbons (Fsp3) is 0.545. The van der Waals surface area contributed by atoms with E-state index in [2.05, 4.69) is 51.0 Å². The Hall–Kier alpha value is -2.44. The Bertz CT molecular complexity index is 1530. The Morgan fingerprint density at radius 2 is 1.35 bits per heavy atom. The normalized spacial score (nSPS) is 15.5. The van der Waals surface area contributed by atoms with E-state index in [1.165, 1.54) is 25.7 Å². The molecular formula is C22H29N9S3. The van der Waals surface area contributed by atoms with Crippen molar-refractivity contribution in [3.05, 3.63) is 25.8 Å². The van der Waals surface area contributed by atoms with Crippen molar-refractivity contribution in [2.45, 2.75) is 71.4 Å². The number of imidazole rings is 2. The van der Waals surface area contributed by atoms with Crippen LogP contribution in [0.1, 0.15) is 69.9 Å². The highest BCUT2D eigenvalue weighted by Gasteiger charge is 2.28. The van der Waals surface area contributed by atoms with Gasteiger partial charge in [0.2, 0.25) is 4.77 Å². The van der Waals surface area contributed by atoms with Gasteiger partial charge in [0.05, 0.1) is 0 Å². The zero-order valence-corrected chi connectivity index (χ0v) is 22.0. The van der Waals surface area contributed by atoms with Crippen LogP contribution in [0, 0.1) is 14.2 Å². The molecule has 34 heavy (non-hydrogen) atoms. The Kier molecular flexibility index (Phi) is 6.38. The average Bonchev–Trinajstić information content (AvgIpc) is 3.75. The van der Waals surface area contributed by atoms with Crippen molar-refractivity contribution >= 4 is 64.8 Å². The predicted molar refractivity (Wildman–Crippen MR) is 142 cm³/mol. The Morgan fingerprint density at radius 3 is 1.88 bits per heavy atom. The maximum Gasteiger partial charge on any atom is 0.203 e. The summed E-state index contributed by atoms with van der Waals surface area (Å²) < 4.78 is 5.85. The second-order valence-corrected chi connectivity index (χ2v) is 9.87. The van der Waals surface area contributed by atoms with Gasteiger partial charge in [-0.15, -0.1) is 0 Å². The van der Waals surface area contributed by atoms with Crippen LogP contribution in [0.2, 0.25) is 0 Å². The van der Waals surface area contributed by atoms with Gasteiger partial charge in [-0.2, -0.15) is 0 Å². The number of hydrogen-bond donors (Lipinski definition) is 4. The van der Waals surface area contributed by atoms with Gasteiger partial charge in [0, 0.05) is 31.5 Å². The molecule has 2 fully saturated rings. The molecule has 2 saturated carbocycles. The van der Waals surface area contributed by atoms with Crippen LogP contribution in [-0.2, 0) is 13.1 Å². The molecular weight excluding hydrogens is 487 g/mol. The minimum Gasteiger partial charge on any atom is -0.368 e. The zero-order chi connectivity index (χ0) is 24.0.